The summed E-state index contributed by atoms with van der Waals surface area (Å²) in [5.41, 5.74) is 0. The molecule has 92 valence electrons. The van der Waals surface area contributed by atoms with Gasteiger partial charge in [-0.2, -0.15) is 0 Å². The number of nitrogens with zero attached hydrogens (tertiary/aromatic N) is 1. The third-order valence-electron chi connectivity index (χ3n) is 2.81. The van der Waals surface area contributed by atoms with Crippen LogP contribution >= 0.6 is 0 Å². The fourth-order valence-electron chi connectivity index (χ4n) is 1.83. The maximum atomic E-state index is 5.18. The molecule has 1 N–H and O–H groups in total. The van der Waals surface area contributed by atoms with Gasteiger partial charge in [-0.15, -0.1) is 0 Å². The normalized spacial score (nSPS) is 13.4. The lowest BCUT2D eigenvalue weighted by molar-refractivity contribution is 0.101. The van der Waals surface area contributed by atoms with E-state index < -0.39 is 0 Å². The molecule has 0 heterocycles. The van der Waals surface area contributed by atoms with E-state index >= 15 is 0 Å². The van der Waals surface area contributed by atoms with Gasteiger partial charge in [0.15, 0.2) is 0 Å². The summed E-state index contributed by atoms with van der Waals surface area (Å²) < 4.78 is 5.18. The fraction of sp³-hybridized carbons (Fsp3) is 1.00. The number of nitrogens with one attached hydrogen (secondary N) is 1. The molecule has 0 aromatic rings. The molecule has 0 aromatic carbocycles. The van der Waals surface area contributed by atoms with Crippen LogP contribution < -0.4 is 5.32 Å². The Morgan fingerprint density at radius 3 is 2.53 bits per heavy atom. The van der Waals surface area contributed by atoms with Crippen LogP contribution in [0.4, 0.5) is 0 Å². The summed E-state index contributed by atoms with van der Waals surface area (Å²) in [6.45, 7) is 8.76. The van der Waals surface area contributed by atoms with Crippen LogP contribution in [0.3, 0.4) is 0 Å². The first-order valence-electron chi connectivity index (χ1n) is 6.13. The predicted molar refractivity (Wildman–Crippen MR) is 66.4 cm³/mol. The summed E-state index contributed by atoms with van der Waals surface area (Å²) >= 11 is 0. The molecule has 1 unspecified atom stereocenters. The van der Waals surface area contributed by atoms with E-state index in [0.29, 0.717) is 6.04 Å². The van der Waals surface area contributed by atoms with Crippen LogP contribution in [0.5, 0.6) is 0 Å². The quantitative estimate of drug-likeness (QED) is 0.563. The summed E-state index contributed by atoms with van der Waals surface area (Å²) in [7, 11) is 3.79. The van der Waals surface area contributed by atoms with E-state index in [1.54, 1.807) is 7.11 Å². The van der Waals surface area contributed by atoms with Crippen molar-refractivity contribution >= 4 is 0 Å². The number of methoxy groups -OCH3 is 1. The zero-order valence-electron chi connectivity index (χ0n) is 10.9. The minimum Gasteiger partial charge on any atom is -0.383 e. The second-order valence-corrected chi connectivity index (χ2v) is 4.10. The highest BCUT2D eigenvalue weighted by Crippen LogP contribution is 2.03. The maximum absolute atomic E-state index is 5.18. The average molecular weight is 216 g/mol. The van der Waals surface area contributed by atoms with Crippen molar-refractivity contribution in [2.45, 2.75) is 39.2 Å². The number of unbranched alkanes of at least 4 members (excludes halogenated alkanes) is 2. The van der Waals surface area contributed by atoms with Gasteiger partial charge in [0.1, 0.15) is 0 Å². The van der Waals surface area contributed by atoms with E-state index in [4.69, 9.17) is 4.74 Å². The van der Waals surface area contributed by atoms with E-state index in [-0.39, 0.29) is 0 Å². The van der Waals surface area contributed by atoms with Gasteiger partial charge in [-0.3, -0.25) is 4.90 Å². The fourth-order valence-corrected chi connectivity index (χ4v) is 1.83. The number of hydrogen-bond acceptors (Lipinski definition) is 3. The van der Waals surface area contributed by atoms with Crippen LogP contribution in [0.25, 0.3) is 0 Å². The number of hydrogen-bond donors (Lipinski definition) is 1. The van der Waals surface area contributed by atoms with E-state index in [9.17, 15) is 0 Å². The Balaban J connectivity index is 3.51. The molecule has 15 heavy (non-hydrogen) atoms. The molecule has 0 aliphatic rings. The molecule has 0 fully saturated rings. The lowest BCUT2D eigenvalue weighted by Crippen LogP contribution is -2.36. The number of rotatable bonds is 10. The smallest absolute Gasteiger partial charge is 0.0615 e. The Bertz CT molecular complexity index is 131. The second kappa shape index (κ2) is 10.4. The molecule has 0 aliphatic carbocycles. The molecule has 1 atom stereocenters. The van der Waals surface area contributed by atoms with Crippen LogP contribution in [0.1, 0.15) is 33.1 Å². The van der Waals surface area contributed by atoms with Crippen molar-refractivity contribution in [3.63, 3.8) is 0 Å². The van der Waals surface area contributed by atoms with Gasteiger partial charge in [-0.25, -0.2) is 0 Å². The molecule has 0 saturated heterocycles. The van der Waals surface area contributed by atoms with Crippen molar-refractivity contribution in [1.29, 1.82) is 0 Å². The highest BCUT2D eigenvalue weighted by Gasteiger charge is 2.10. The number of likely N-dealkylation sites (N-methyl/N-ethyl adjacent to an activating group) is 1. The Morgan fingerprint density at radius 2 is 2.00 bits per heavy atom. The van der Waals surface area contributed by atoms with Gasteiger partial charge in [0.05, 0.1) is 6.61 Å². The van der Waals surface area contributed by atoms with E-state index in [2.05, 4.69) is 24.1 Å². The molecule has 0 saturated carbocycles. The van der Waals surface area contributed by atoms with E-state index in [1.807, 2.05) is 7.05 Å². The first-order valence-corrected chi connectivity index (χ1v) is 6.13. The summed E-state index contributed by atoms with van der Waals surface area (Å²) in [5.74, 6) is 0. The molecule has 3 heteroatoms. The zero-order valence-corrected chi connectivity index (χ0v) is 10.9. The lowest BCUT2D eigenvalue weighted by Gasteiger charge is -2.27. The van der Waals surface area contributed by atoms with Crippen molar-refractivity contribution < 1.29 is 4.74 Å². The Hall–Kier alpha value is -0.120. The molecule has 3 nitrogen and oxygen atoms in total. The van der Waals surface area contributed by atoms with Gasteiger partial charge >= 0.3 is 0 Å². The molecular formula is C12H28N2O. The van der Waals surface area contributed by atoms with Gasteiger partial charge < -0.3 is 10.1 Å². The Kier molecular flexibility index (Phi) is 10.3. The molecular weight excluding hydrogens is 188 g/mol. The van der Waals surface area contributed by atoms with Crippen LogP contribution in [-0.2, 0) is 4.74 Å². The third kappa shape index (κ3) is 7.77. The first kappa shape index (κ1) is 14.9. The number of ether oxygens (including phenoxy) is 1. The molecule has 0 rings (SSSR count). The SMILES string of the molecule is CCN(CCCCCNC)C(C)COC. The Labute approximate surface area is 95.2 Å². The van der Waals surface area contributed by atoms with Crippen molar-refractivity contribution in [2.24, 2.45) is 0 Å². The van der Waals surface area contributed by atoms with Crippen LogP contribution in [0, 0.1) is 0 Å². The second-order valence-electron chi connectivity index (χ2n) is 4.10. The predicted octanol–water partition coefficient (Wildman–Crippen LogP) is 1.73. The van der Waals surface area contributed by atoms with Crippen LogP contribution in [0.15, 0.2) is 0 Å². The molecule has 0 spiro atoms. The molecule has 0 aliphatic heterocycles. The molecule has 0 bridgehead atoms. The van der Waals surface area contributed by atoms with Gasteiger partial charge in [0, 0.05) is 13.2 Å². The van der Waals surface area contributed by atoms with Gasteiger partial charge in [-0.1, -0.05) is 13.3 Å². The Morgan fingerprint density at radius 1 is 1.27 bits per heavy atom. The summed E-state index contributed by atoms with van der Waals surface area (Å²) in [6, 6.07) is 0.546. The summed E-state index contributed by atoms with van der Waals surface area (Å²) in [4.78, 5) is 2.49. The topological polar surface area (TPSA) is 24.5 Å². The van der Waals surface area contributed by atoms with Gasteiger partial charge in [0.25, 0.3) is 0 Å². The summed E-state index contributed by atoms with van der Waals surface area (Å²) in [6.07, 6.45) is 3.90. The van der Waals surface area contributed by atoms with Gasteiger partial charge in [-0.05, 0) is 46.4 Å². The largest absolute Gasteiger partial charge is 0.383 e. The molecule has 0 radical (unpaired) electrons. The van der Waals surface area contributed by atoms with Crippen LogP contribution in [0.2, 0.25) is 0 Å². The van der Waals surface area contributed by atoms with Gasteiger partial charge in [0.2, 0.25) is 0 Å². The van der Waals surface area contributed by atoms with Crippen LogP contribution in [-0.4, -0.2) is 51.3 Å². The first-order chi connectivity index (χ1) is 7.26. The monoisotopic (exact) mass is 216 g/mol. The lowest BCUT2D eigenvalue weighted by atomic mass is 10.2. The molecule has 0 amide bonds. The zero-order chi connectivity index (χ0) is 11.5. The minimum atomic E-state index is 0.546. The van der Waals surface area contributed by atoms with Crippen molar-refractivity contribution in [3.8, 4) is 0 Å². The average Bonchev–Trinajstić information content (AvgIpc) is 2.23. The maximum Gasteiger partial charge on any atom is 0.0615 e. The molecule has 0 aromatic heterocycles. The van der Waals surface area contributed by atoms with Crippen molar-refractivity contribution in [3.05, 3.63) is 0 Å². The minimum absolute atomic E-state index is 0.546. The third-order valence-corrected chi connectivity index (χ3v) is 2.81. The van der Waals surface area contributed by atoms with E-state index in [1.165, 1.54) is 25.8 Å². The van der Waals surface area contributed by atoms with E-state index in [0.717, 1.165) is 19.7 Å². The highest BCUT2D eigenvalue weighted by atomic mass is 16.5. The standard InChI is InChI=1S/C12H28N2O/c1-5-14(12(2)11-15-4)10-8-6-7-9-13-3/h12-13H,5-11H2,1-4H3. The summed E-state index contributed by atoms with van der Waals surface area (Å²) in [5, 5.41) is 3.18. The van der Waals surface area contributed by atoms with Crippen molar-refractivity contribution in [2.75, 3.05) is 40.4 Å². The highest BCUT2D eigenvalue weighted by molar-refractivity contribution is 4.65. The van der Waals surface area contributed by atoms with Crippen molar-refractivity contribution in [1.82, 2.24) is 10.2 Å².